The van der Waals surface area contributed by atoms with Crippen molar-refractivity contribution in [3.05, 3.63) is 24.4 Å². The first-order chi connectivity index (χ1) is 10.1. The van der Waals surface area contributed by atoms with E-state index in [0.717, 1.165) is 22.4 Å². The number of fused-ring (bicyclic) bond motifs is 1. The first kappa shape index (κ1) is 13.2. The zero-order valence-corrected chi connectivity index (χ0v) is 12.0. The molecule has 0 aliphatic carbocycles. The second kappa shape index (κ2) is 4.93. The normalized spacial score (nSPS) is 10.8. The molecular weight excluding hydrogens is 270 g/mol. The molecular formula is C14H15N5O2. The molecule has 7 heteroatoms. The number of nitrogens with two attached hydrogens (primary N) is 1. The van der Waals surface area contributed by atoms with E-state index in [0.29, 0.717) is 11.4 Å². The van der Waals surface area contributed by atoms with Crippen LogP contribution in [0.4, 0.5) is 5.95 Å². The van der Waals surface area contributed by atoms with E-state index in [-0.39, 0.29) is 5.95 Å². The minimum absolute atomic E-state index is 0.217. The fraction of sp³-hybridized carbons (Fsp3) is 0.214. The van der Waals surface area contributed by atoms with Crippen molar-refractivity contribution < 1.29 is 9.47 Å². The molecule has 0 unspecified atom stereocenters. The first-order valence-corrected chi connectivity index (χ1v) is 6.31. The van der Waals surface area contributed by atoms with Gasteiger partial charge >= 0.3 is 0 Å². The monoisotopic (exact) mass is 285 g/mol. The van der Waals surface area contributed by atoms with Gasteiger partial charge in [-0.25, -0.2) is 9.67 Å². The Labute approximate surface area is 121 Å². The Morgan fingerprint density at radius 2 is 2.00 bits per heavy atom. The Hall–Kier alpha value is -2.83. The zero-order valence-electron chi connectivity index (χ0n) is 12.0. The third-order valence-electron chi connectivity index (χ3n) is 3.26. The van der Waals surface area contributed by atoms with Gasteiger partial charge in [-0.3, -0.25) is 0 Å². The summed E-state index contributed by atoms with van der Waals surface area (Å²) in [6.45, 7) is 0. The Morgan fingerprint density at radius 1 is 1.19 bits per heavy atom. The summed E-state index contributed by atoms with van der Waals surface area (Å²) in [6, 6.07) is 5.55. The molecule has 0 atom stereocenters. The molecule has 0 spiro atoms. The molecule has 2 N–H and O–H groups in total. The number of rotatable bonds is 3. The molecule has 0 bridgehead atoms. The Bertz CT molecular complexity index is 812. The van der Waals surface area contributed by atoms with Crippen LogP contribution in [0.25, 0.3) is 22.3 Å². The van der Waals surface area contributed by atoms with E-state index in [4.69, 9.17) is 15.2 Å². The van der Waals surface area contributed by atoms with Gasteiger partial charge in [0, 0.05) is 18.8 Å². The van der Waals surface area contributed by atoms with Crippen LogP contribution in [-0.2, 0) is 7.05 Å². The summed E-state index contributed by atoms with van der Waals surface area (Å²) in [5.41, 5.74) is 7.84. The number of hydrogen-bond donors (Lipinski definition) is 1. The summed E-state index contributed by atoms with van der Waals surface area (Å²) in [7, 11) is 5.04. The molecule has 0 amide bonds. The van der Waals surface area contributed by atoms with Crippen LogP contribution in [0.2, 0.25) is 0 Å². The number of nitrogen functional groups attached to an aromatic ring is 1. The maximum absolute atomic E-state index is 5.63. The number of benzene rings is 1. The van der Waals surface area contributed by atoms with Gasteiger partial charge in [-0.1, -0.05) is 0 Å². The minimum Gasteiger partial charge on any atom is -0.497 e. The summed E-state index contributed by atoms with van der Waals surface area (Å²) in [5.74, 6) is 1.64. The highest BCUT2D eigenvalue weighted by atomic mass is 16.5. The largest absolute Gasteiger partial charge is 0.497 e. The Morgan fingerprint density at radius 3 is 2.71 bits per heavy atom. The molecule has 0 fully saturated rings. The van der Waals surface area contributed by atoms with E-state index in [1.165, 1.54) is 0 Å². The number of nitrogens with zero attached hydrogens (tertiary/aromatic N) is 4. The summed E-state index contributed by atoms with van der Waals surface area (Å²) < 4.78 is 12.4. The van der Waals surface area contributed by atoms with E-state index < -0.39 is 0 Å². The van der Waals surface area contributed by atoms with Crippen molar-refractivity contribution in [1.82, 2.24) is 19.7 Å². The smallest absolute Gasteiger partial charge is 0.222 e. The summed E-state index contributed by atoms with van der Waals surface area (Å²) in [5, 5.41) is 5.31. The fourth-order valence-electron chi connectivity index (χ4n) is 2.25. The molecule has 21 heavy (non-hydrogen) atoms. The highest BCUT2D eigenvalue weighted by molar-refractivity contribution is 5.93. The predicted octanol–water partition coefficient (Wildman–Crippen LogP) is 1.63. The van der Waals surface area contributed by atoms with Crippen LogP contribution in [0.3, 0.4) is 0 Å². The predicted molar refractivity (Wildman–Crippen MR) is 79.3 cm³/mol. The molecule has 108 valence electrons. The first-order valence-electron chi connectivity index (χ1n) is 6.31. The van der Waals surface area contributed by atoms with Crippen LogP contribution in [0, 0.1) is 0 Å². The van der Waals surface area contributed by atoms with Crippen molar-refractivity contribution >= 4 is 17.0 Å². The van der Waals surface area contributed by atoms with Crippen molar-refractivity contribution in [1.29, 1.82) is 0 Å². The van der Waals surface area contributed by atoms with E-state index in [9.17, 15) is 0 Å². The minimum atomic E-state index is 0.217. The number of ether oxygens (including phenoxy) is 2. The number of hydrogen-bond acceptors (Lipinski definition) is 6. The molecule has 3 rings (SSSR count). The highest BCUT2D eigenvalue weighted by Crippen LogP contribution is 2.36. The number of anilines is 1. The van der Waals surface area contributed by atoms with E-state index in [1.54, 1.807) is 25.1 Å². The zero-order chi connectivity index (χ0) is 15.0. The second-order valence-corrected chi connectivity index (χ2v) is 4.50. The van der Waals surface area contributed by atoms with Gasteiger partial charge in [0.25, 0.3) is 0 Å². The van der Waals surface area contributed by atoms with Crippen molar-refractivity contribution in [2.75, 3.05) is 20.0 Å². The highest BCUT2D eigenvalue weighted by Gasteiger charge is 2.17. The summed E-state index contributed by atoms with van der Waals surface area (Å²) in [6.07, 6.45) is 1.67. The summed E-state index contributed by atoms with van der Waals surface area (Å²) >= 11 is 0. The third-order valence-corrected chi connectivity index (χ3v) is 3.26. The lowest BCUT2D eigenvalue weighted by molar-refractivity contribution is 0.404. The van der Waals surface area contributed by atoms with E-state index in [1.807, 2.05) is 25.2 Å². The van der Waals surface area contributed by atoms with Crippen LogP contribution < -0.4 is 15.2 Å². The average Bonchev–Trinajstić information content (AvgIpc) is 2.83. The van der Waals surface area contributed by atoms with Gasteiger partial charge in [0.1, 0.15) is 17.2 Å². The molecule has 3 aromatic rings. The molecule has 1 aromatic carbocycles. The molecule has 0 saturated heterocycles. The standard InChI is InChI=1S/C14H15N5O2/c1-19-13-10(7-16-14(15)17-13)12(18-19)9-6-8(20-2)4-5-11(9)21-3/h4-7H,1-3H3,(H2,15,16,17). The number of aryl methyl sites for hydroxylation is 1. The van der Waals surface area contributed by atoms with Gasteiger partial charge in [-0.05, 0) is 18.2 Å². The van der Waals surface area contributed by atoms with Gasteiger partial charge in [0.2, 0.25) is 5.95 Å². The van der Waals surface area contributed by atoms with Crippen molar-refractivity contribution in [2.45, 2.75) is 0 Å². The van der Waals surface area contributed by atoms with E-state index >= 15 is 0 Å². The van der Waals surface area contributed by atoms with Crippen LogP contribution in [0.1, 0.15) is 0 Å². The van der Waals surface area contributed by atoms with Crippen molar-refractivity contribution in [3.8, 4) is 22.8 Å². The lowest BCUT2D eigenvalue weighted by Crippen LogP contribution is -1.97. The molecule has 2 heterocycles. The molecule has 0 aliphatic heterocycles. The number of aromatic nitrogens is 4. The van der Waals surface area contributed by atoms with Gasteiger partial charge < -0.3 is 15.2 Å². The topological polar surface area (TPSA) is 88.1 Å². The molecule has 0 aliphatic rings. The van der Waals surface area contributed by atoms with Gasteiger partial charge in [0.05, 0.1) is 19.6 Å². The third kappa shape index (κ3) is 2.12. The van der Waals surface area contributed by atoms with Crippen LogP contribution in [-0.4, -0.2) is 34.0 Å². The summed E-state index contributed by atoms with van der Waals surface area (Å²) in [4.78, 5) is 8.26. The molecule has 0 radical (unpaired) electrons. The van der Waals surface area contributed by atoms with Gasteiger partial charge in [-0.15, -0.1) is 0 Å². The van der Waals surface area contributed by atoms with Crippen molar-refractivity contribution in [2.24, 2.45) is 7.05 Å². The molecule has 0 saturated carbocycles. The average molecular weight is 285 g/mol. The van der Waals surface area contributed by atoms with Crippen molar-refractivity contribution in [3.63, 3.8) is 0 Å². The fourth-order valence-corrected chi connectivity index (χ4v) is 2.25. The number of methoxy groups -OCH3 is 2. The second-order valence-electron chi connectivity index (χ2n) is 4.50. The SMILES string of the molecule is COc1ccc(OC)c(-c2nn(C)c3nc(N)ncc23)c1. The van der Waals surface area contributed by atoms with E-state index in [2.05, 4.69) is 15.1 Å². The lowest BCUT2D eigenvalue weighted by Gasteiger charge is -2.08. The van der Waals surface area contributed by atoms with Gasteiger partial charge in [0.15, 0.2) is 5.65 Å². The Balaban J connectivity index is 2.30. The lowest BCUT2D eigenvalue weighted by atomic mass is 10.1. The van der Waals surface area contributed by atoms with Gasteiger partial charge in [-0.2, -0.15) is 10.1 Å². The maximum Gasteiger partial charge on any atom is 0.222 e. The van der Waals surface area contributed by atoms with Crippen LogP contribution >= 0.6 is 0 Å². The van der Waals surface area contributed by atoms with Crippen LogP contribution in [0.5, 0.6) is 11.5 Å². The molecule has 7 nitrogen and oxygen atoms in total. The molecule has 2 aromatic heterocycles. The maximum atomic E-state index is 5.63. The van der Waals surface area contributed by atoms with Crippen LogP contribution in [0.15, 0.2) is 24.4 Å². The Kier molecular flexibility index (Phi) is 3.09. The quantitative estimate of drug-likeness (QED) is 0.787.